The highest BCUT2D eigenvalue weighted by Gasteiger charge is 2.34. The molecule has 0 unspecified atom stereocenters. The van der Waals surface area contributed by atoms with Gasteiger partial charge in [-0.05, 0) is 38.2 Å². The van der Waals surface area contributed by atoms with E-state index in [1.807, 2.05) is 11.8 Å². The van der Waals surface area contributed by atoms with E-state index in [1.165, 1.54) is 18.2 Å². The molecule has 2 aromatic carbocycles. The number of carbonyl (C=O) groups is 1. The van der Waals surface area contributed by atoms with Crippen LogP contribution in [0.3, 0.4) is 0 Å². The Labute approximate surface area is 252 Å². The van der Waals surface area contributed by atoms with Gasteiger partial charge in [-0.2, -0.15) is 4.98 Å². The van der Waals surface area contributed by atoms with Crippen molar-refractivity contribution >= 4 is 46.0 Å². The van der Waals surface area contributed by atoms with Crippen molar-refractivity contribution in [1.29, 1.82) is 0 Å². The number of piperazine rings is 2. The van der Waals surface area contributed by atoms with E-state index in [0.717, 1.165) is 32.2 Å². The van der Waals surface area contributed by atoms with Crippen molar-refractivity contribution in [1.82, 2.24) is 24.3 Å². The van der Waals surface area contributed by atoms with Crippen LogP contribution in [-0.2, 0) is 4.79 Å². The van der Waals surface area contributed by atoms with Crippen LogP contribution in [0.4, 0.5) is 14.6 Å². The average molecular weight is 615 g/mol. The summed E-state index contributed by atoms with van der Waals surface area (Å²) < 4.78 is 30.8. The van der Waals surface area contributed by atoms with Crippen LogP contribution in [0.15, 0.2) is 46.6 Å². The Morgan fingerprint density at radius 2 is 1.93 bits per heavy atom. The maximum atomic E-state index is 15.2. The molecule has 0 spiro atoms. The molecule has 8 nitrogen and oxygen atoms in total. The zero-order chi connectivity index (χ0) is 29.7. The molecule has 0 aliphatic carbocycles. The largest absolute Gasteiger partial charge is 0.350 e. The van der Waals surface area contributed by atoms with Gasteiger partial charge in [-0.1, -0.05) is 18.2 Å². The molecule has 3 aliphatic heterocycles. The van der Waals surface area contributed by atoms with E-state index in [9.17, 15) is 14.0 Å². The SMILES string of the molecule is C=CC(=O)N1CCN(c2nc(=O)n3c4c(c(-c5ccc(F)cc5F)c(Cl)cc24)SC[C@@H]3CN2CCN(C)CC2)[C@@H](C)C1. The molecular weight excluding hydrogens is 582 g/mol. The van der Waals surface area contributed by atoms with E-state index >= 15 is 4.39 Å². The van der Waals surface area contributed by atoms with Crippen molar-refractivity contribution in [2.75, 3.05) is 70.1 Å². The lowest BCUT2D eigenvalue weighted by molar-refractivity contribution is -0.126. The fourth-order valence-corrected chi connectivity index (χ4v) is 7.97. The van der Waals surface area contributed by atoms with E-state index < -0.39 is 11.6 Å². The number of carbonyl (C=O) groups excluding carboxylic acids is 1. The van der Waals surface area contributed by atoms with Crippen molar-refractivity contribution in [3.05, 3.63) is 64.1 Å². The first-order valence-electron chi connectivity index (χ1n) is 14.1. The fraction of sp³-hybridized carbons (Fsp3) is 0.433. The first-order valence-corrected chi connectivity index (χ1v) is 15.5. The van der Waals surface area contributed by atoms with Crippen LogP contribution in [0.1, 0.15) is 13.0 Å². The molecule has 2 fully saturated rings. The Bertz CT molecular complexity index is 1630. The van der Waals surface area contributed by atoms with Crippen LogP contribution in [0, 0.1) is 11.6 Å². The maximum absolute atomic E-state index is 15.2. The van der Waals surface area contributed by atoms with Gasteiger partial charge < -0.3 is 14.7 Å². The Hall–Kier alpha value is -2.99. The van der Waals surface area contributed by atoms with Gasteiger partial charge in [0, 0.05) is 91.6 Å². The molecule has 12 heteroatoms. The zero-order valence-electron chi connectivity index (χ0n) is 23.7. The lowest BCUT2D eigenvalue weighted by Crippen LogP contribution is -2.54. The molecule has 2 saturated heterocycles. The summed E-state index contributed by atoms with van der Waals surface area (Å²) in [4.78, 5) is 40.0. The van der Waals surface area contributed by atoms with Crippen LogP contribution in [0.25, 0.3) is 22.0 Å². The number of halogens is 3. The van der Waals surface area contributed by atoms with Crippen molar-refractivity contribution in [2.45, 2.75) is 23.9 Å². The minimum absolute atomic E-state index is 0.123. The van der Waals surface area contributed by atoms with E-state index in [0.29, 0.717) is 64.1 Å². The van der Waals surface area contributed by atoms with Gasteiger partial charge in [0.05, 0.1) is 16.6 Å². The minimum Gasteiger partial charge on any atom is -0.350 e. The second kappa shape index (κ2) is 11.6. The standard InChI is InChI=1S/C30H33ClF2N6O2S/c1-4-25(40)37-11-12-38(18(2)15-37)29-22-14-23(31)26(21-6-5-19(32)13-24(21)33)28-27(22)39(30(41)34-29)20(17-42-28)16-36-9-7-35(3)8-10-36/h4-6,13-14,18,20H,1,7-12,15-17H2,2-3H3/t18-,20-/m0/s1. The Balaban J connectivity index is 1.51. The van der Waals surface area contributed by atoms with E-state index in [1.54, 1.807) is 27.3 Å². The minimum atomic E-state index is -0.715. The summed E-state index contributed by atoms with van der Waals surface area (Å²) in [5.74, 6) is -0.437. The lowest BCUT2D eigenvalue weighted by atomic mass is 10.0. The normalized spacial score (nSPS) is 21.6. The monoisotopic (exact) mass is 614 g/mol. The number of nitrogens with zero attached hydrogens (tertiary/aromatic N) is 6. The number of likely N-dealkylation sites (N-methyl/N-ethyl adjacent to an activating group) is 1. The molecule has 1 amide bonds. The first-order chi connectivity index (χ1) is 20.2. The number of benzene rings is 2. The molecule has 3 aromatic rings. The molecule has 0 radical (unpaired) electrons. The Kier molecular flexibility index (Phi) is 8.03. The van der Waals surface area contributed by atoms with Crippen molar-refractivity contribution in [2.24, 2.45) is 0 Å². The van der Waals surface area contributed by atoms with E-state index in [-0.39, 0.29) is 29.2 Å². The predicted molar refractivity (Wildman–Crippen MR) is 164 cm³/mol. The molecule has 2 atom stereocenters. The molecule has 6 rings (SSSR count). The molecule has 222 valence electrons. The summed E-state index contributed by atoms with van der Waals surface area (Å²) in [7, 11) is 2.11. The van der Waals surface area contributed by atoms with Gasteiger partial charge in [-0.3, -0.25) is 14.3 Å². The van der Waals surface area contributed by atoms with Gasteiger partial charge in [0.2, 0.25) is 5.91 Å². The van der Waals surface area contributed by atoms with Crippen LogP contribution in [-0.4, -0.2) is 101 Å². The summed E-state index contributed by atoms with van der Waals surface area (Å²) in [5.41, 5.74) is 0.929. The summed E-state index contributed by atoms with van der Waals surface area (Å²) in [6.07, 6.45) is 1.31. The number of amides is 1. The molecule has 42 heavy (non-hydrogen) atoms. The smallest absolute Gasteiger partial charge is 0.350 e. The van der Waals surface area contributed by atoms with Gasteiger partial charge in [0.25, 0.3) is 0 Å². The Morgan fingerprint density at radius 3 is 2.62 bits per heavy atom. The molecule has 0 N–H and O–H groups in total. The second-order valence-corrected chi connectivity index (χ2v) is 12.7. The summed E-state index contributed by atoms with van der Waals surface area (Å²) in [6.45, 7) is 11.4. The van der Waals surface area contributed by atoms with Crippen LogP contribution >= 0.6 is 23.4 Å². The van der Waals surface area contributed by atoms with Gasteiger partial charge in [0.15, 0.2) is 0 Å². The third-order valence-electron chi connectivity index (χ3n) is 8.53. The van der Waals surface area contributed by atoms with Gasteiger partial charge >= 0.3 is 5.69 Å². The average Bonchev–Trinajstić information content (AvgIpc) is 2.96. The number of aromatic nitrogens is 2. The van der Waals surface area contributed by atoms with Crippen molar-refractivity contribution < 1.29 is 13.6 Å². The molecule has 1 aromatic heterocycles. The molecular formula is C30H33ClF2N6O2S. The van der Waals surface area contributed by atoms with E-state index in [2.05, 4.69) is 28.4 Å². The van der Waals surface area contributed by atoms with Crippen molar-refractivity contribution in [3.8, 4) is 11.1 Å². The highest BCUT2D eigenvalue weighted by molar-refractivity contribution is 7.99. The fourth-order valence-electron chi connectivity index (χ4n) is 6.29. The second-order valence-electron chi connectivity index (χ2n) is 11.3. The molecule has 4 heterocycles. The third-order valence-corrected chi connectivity index (χ3v) is 10.1. The molecule has 3 aliphatic rings. The van der Waals surface area contributed by atoms with Crippen molar-refractivity contribution in [3.63, 3.8) is 0 Å². The quantitative estimate of drug-likeness (QED) is 0.401. The van der Waals surface area contributed by atoms with Crippen LogP contribution in [0.5, 0.6) is 0 Å². The van der Waals surface area contributed by atoms with Gasteiger partial charge in [0.1, 0.15) is 17.5 Å². The zero-order valence-corrected chi connectivity index (χ0v) is 25.2. The first kappa shape index (κ1) is 29.1. The van der Waals surface area contributed by atoms with Crippen LogP contribution in [0.2, 0.25) is 5.02 Å². The summed E-state index contributed by atoms with van der Waals surface area (Å²) in [6, 6.07) is 4.95. The Morgan fingerprint density at radius 1 is 1.17 bits per heavy atom. The topological polar surface area (TPSA) is 64.9 Å². The number of hydrogen-bond acceptors (Lipinski definition) is 7. The number of anilines is 1. The molecule has 0 saturated carbocycles. The highest BCUT2D eigenvalue weighted by atomic mass is 35.5. The third kappa shape index (κ3) is 5.21. The number of rotatable bonds is 5. The highest BCUT2D eigenvalue weighted by Crippen LogP contribution is 2.48. The van der Waals surface area contributed by atoms with Gasteiger partial charge in [-0.25, -0.2) is 13.6 Å². The number of thioether (sulfide) groups is 1. The number of hydrogen-bond donors (Lipinski definition) is 0. The predicted octanol–water partition coefficient (Wildman–Crippen LogP) is 4.11. The van der Waals surface area contributed by atoms with E-state index in [4.69, 9.17) is 11.6 Å². The lowest BCUT2D eigenvalue weighted by Gasteiger charge is -2.41. The van der Waals surface area contributed by atoms with Crippen LogP contribution < -0.4 is 10.6 Å². The summed E-state index contributed by atoms with van der Waals surface area (Å²) >= 11 is 8.45. The van der Waals surface area contributed by atoms with Gasteiger partial charge in [-0.15, -0.1) is 11.8 Å². The molecule has 0 bridgehead atoms. The maximum Gasteiger partial charge on any atom is 0.350 e. The summed E-state index contributed by atoms with van der Waals surface area (Å²) in [5, 5.41) is 1.00.